The largest absolute Gasteiger partial charge is 0.352 e. The first-order chi connectivity index (χ1) is 19.4. The molecule has 0 aliphatic carbocycles. The van der Waals surface area contributed by atoms with Gasteiger partial charge in [0.15, 0.2) is 5.11 Å². The molecule has 1 amide bonds. The summed E-state index contributed by atoms with van der Waals surface area (Å²) in [5, 5.41) is 7.28. The highest BCUT2D eigenvalue weighted by molar-refractivity contribution is 7.80. The fourth-order valence-electron chi connectivity index (χ4n) is 5.86. The average molecular weight is 552 g/mol. The molecule has 0 saturated carbocycles. The Kier molecular flexibility index (Phi) is 8.31. The molecule has 2 N–H and O–H groups in total. The Balaban J connectivity index is 1.48. The number of para-hydroxylation sites is 2. The van der Waals surface area contributed by atoms with E-state index in [2.05, 4.69) is 89.2 Å². The van der Waals surface area contributed by atoms with Gasteiger partial charge in [-0.3, -0.25) is 9.78 Å². The highest BCUT2D eigenvalue weighted by atomic mass is 32.1. The number of pyridine rings is 1. The first-order valence-corrected chi connectivity index (χ1v) is 14.5. The van der Waals surface area contributed by atoms with Crippen LogP contribution in [0.2, 0.25) is 0 Å². The maximum atomic E-state index is 13.1. The summed E-state index contributed by atoms with van der Waals surface area (Å²) < 4.78 is 2.34. The lowest BCUT2D eigenvalue weighted by atomic mass is 9.96. The smallest absolute Gasteiger partial charge is 0.226 e. The quantitative estimate of drug-likeness (QED) is 0.229. The molecule has 4 aromatic rings. The van der Waals surface area contributed by atoms with Gasteiger partial charge in [0, 0.05) is 41.9 Å². The number of thiocarbonyl (C=S) groups is 1. The summed E-state index contributed by atoms with van der Waals surface area (Å²) in [4.78, 5) is 20.0. The predicted octanol–water partition coefficient (Wildman–Crippen LogP) is 6.62. The predicted molar refractivity (Wildman–Crippen MR) is 166 cm³/mol. The third-order valence-electron chi connectivity index (χ3n) is 7.85. The highest BCUT2D eigenvalue weighted by Crippen LogP contribution is 2.41. The number of rotatable bonds is 9. The van der Waals surface area contributed by atoms with E-state index in [1.54, 1.807) is 0 Å². The molecular weight excluding hydrogens is 514 g/mol. The number of nitrogens with zero attached hydrogens (tertiary/aromatic N) is 3. The summed E-state index contributed by atoms with van der Waals surface area (Å²) >= 11 is 5.88. The summed E-state index contributed by atoms with van der Waals surface area (Å²) in [6.45, 7) is 9.11. The Hall–Kier alpha value is -3.97. The molecule has 3 heterocycles. The number of aryl methyl sites for hydroxylation is 3. The molecule has 5 rings (SSSR count). The van der Waals surface area contributed by atoms with Crippen molar-refractivity contribution in [2.75, 3.05) is 11.9 Å². The SMILES string of the molecule is CCc1ccccc1NC(=O)CCN1C(=S)N[C@@H](c2ccccn2)[C@H]1c1cc(C)n(-c2ccccc2CC)c1C. The number of aromatic nitrogens is 2. The molecular formula is C33H37N5OS. The average Bonchev–Trinajstić information content (AvgIpc) is 3.46. The van der Waals surface area contributed by atoms with Crippen LogP contribution in [0.5, 0.6) is 0 Å². The molecule has 2 aromatic carbocycles. The number of nitrogens with one attached hydrogen (secondary N) is 2. The van der Waals surface area contributed by atoms with Gasteiger partial charge >= 0.3 is 0 Å². The zero-order valence-electron chi connectivity index (χ0n) is 23.6. The second-order valence-electron chi connectivity index (χ2n) is 10.3. The van der Waals surface area contributed by atoms with E-state index in [4.69, 9.17) is 12.2 Å². The van der Waals surface area contributed by atoms with Crippen LogP contribution in [0, 0.1) is 13.8 Å². The summed E-state index contributed by atoms with van der Waals surface area (Å²) in [5.41, 5.74) is 8.95. The van der Waals surface area contributed by atoms with Crippen molar-refractivity contribution in [1.29, 1.82) is 0 Å². The number of amides is 1. The molecule has 206 valence electrons. The van der Waals surface area contributed by atoms with Crippen LogP contribution in [-0.2, 0) is 17.6 Å². The lowest BCUT2D eigenvalue weighted by Crippen LogP contribution is -2.33. The molecule has 1 saturated heterocycles. The molecule has 0 spiro atoms. The lowest BCUT2D eigenvalue weighted by molar-refractivity contribution is -0.116. The molecule has 2 atom stereocenters. The molecule has 0 unspecified atom stereocenters. The minimum Gasteiger partial charge on any atom is -0.352 e. The zero-order valence-corrected chi connectivity index (χ0v) is 24.5. The van der Waals surface area contributed by atoms with E-state index in [0.717, 1.165) is 29.8 Å². The van der Waals surface area contributed by atoms with Gasteiger partial charge in [0.1, 0.15) is 0 Å². The molecule has 2 aromatic heterocycles. The molecule has 40 heavy (non-hydrogen) atoms. The van der Waals surface area contributed by atoms with Crippen LogP contribution in [-0.4, -0.2) is 32.0 Å². The first kappa shape index (κ1) is 27.6. The van der Waals surface area contributed by atoms with Crippen molar-refractivity contribution in [2.45, 2.75) is 59.0 Å². The minimum atomic E-state index is -0.132. The van der Waals surface area contributed by atoms with Gasteiger partial charge in [-0.05, 0) is 85.9 Å². The van der Waals surface area contributed by atoms with Crippen LogP contribution < -0.4 is 10.6 Å². The van der Waals surface area contributed by atoms with Crippen molar-refractivity contribution in [1.82, 2.24) is 19.8 Å². The zero-order chi connectivity index (χ0) is 28.2. The van der Waals surface area contributed by atoms with Crippen LogP contribution in [0.3, 0.4) is 0 Å². The van der Waals surface area contributed by atoms with E-state index in [-0.39, 0.29) is 18.0 Å². The molecule has 0 radical (unpaired) electrons. The standard InChI is InChI=1S/C33H37N5OS/c1-5-24-13-7-9-15-27(24)35-30(39)18-20-37-32(31(36-33(37)40)28-16-11-12-19-34-28)26-21-22(3)38(23(26)4)29-17-10-8-14-25(29)6-2/h7-17,19,21,31-32H,5-6,18,20H2,1-4H3,(H,35,39)(H,36,40)/t31-,32+/m0/s1. The Labute approximate surface area is 242 Å². The van der Waals surface area contributed by atoms with Crippen molar-refractivity contribution in [3.05, 3.63) is 113 Å². The highest BCUT2D eigenvalue weighted by Gasteiger charge is 2.41. The molecule has 0 bridgehead atoms. The number of carbonyl (C=O) groups is 1. The molecule has 1 fully saturated rings. The van der Waals surface area contributed by atoms with Gasteiger partial charge in [0.2, 0.25) is 5.91 Å². The summed E-state index contributed by atoms with van der Waals surface area (Å²) in [7, 11) is 0. The second kappa shape index (κ2) is 12.0. The lowest BCUT2D eigenvalue weighted by Gasteiger charge is -2.28. The van der Waals surface area contributed by atoms with E-state index in [1.807, 2.05) is 42.6 Å². The minimum absolute atomic E-state index is 0.0221. The van der Waals surface area contributed by atoms with E-state index < -0.39 is 0 Å². The Morgan fingerprint density at radius 2 is 1.68 bits per heavy atom. The van der Waals surface area contributed by atoms with Crippen LogP contribution in [0.25, 0.3) is 5.69 Å². The molecule has 7 heteroatoms. The Bertz CT molecular complexity index is 1510. The van der Waals surface area contributed by atoms with E-state index in [0.29, 0.717) is 18.1 Å². The van der Waals surface area contributed by atoms with Gasteiger partial charge in [-0.2, -0.15) is 0 Å². The fourth-order valence-corrected chi connectivity index (χ4v) is 6.19. The van der Waals surface area contributed by atoms with Crippen molar-refractivity contribution in [2.24, 2.45) is 0 Å². The number of anilines is 1. The third-order valence-corrected chi connectivity index (χ3v) is 8.20. The van der Waals surface area contributed by atoms with Crippen LogP contribution in [0.15, 0.2) is 79.0 Å². The maximum Gasteiger partial charge on any atom is 0.226 e. The topological polar surface area (TPSA) is 62.2 Å². The van der Waals surface area contributed by atoms with E-state index >= 15 is 0 Å². The van der Waals surface area contributed by atoms with E-state index in [9.17, 15) is 4.79 Å². The van der Waals surface area contributed by atoms with E-state index in [1.165, 1.54) is 28.2 Å². The van der Waals surface area contributed by atoms with Gasteiger partial charge < -0.3 is 20.1 Å². The summed E-state index contributed by atoms with van der Waals surface area (Å²) in [6.07, 6.45) is 3.96. The summed E-state index contributed by atoms with van der Waals surface area (Å²) in [5.74, 6) is -0.0221. The summed E-state index contributed by atoms with van der Waals surface area (Å²) in [6, 6.07) is 24.5. The molecule has 1 aliphatic rings. The van der Waals surface area contributed by atoms with Crippen molar-refractivity contribution >= 4 is 28.9 Å². The molecule has 6 nitrogen and oxygen atoms in total. The monoisotopic (exact) mass is 551 g/mol. The normalized spacial score (nSPS) is 16.7. The van der Waals surface area contributed by atoms with Crippen LogP contribution in [0.4, 0.5) is 5.69 Å². The van der Waals surface area contributed by atoms with Crippen LogP contribution in [0.1, 0.15) is 66.1 Å². The van der Waals surface area contributed by atoms with Gasteiger partial charge in [0.05, 0.1) is 17.8 Å². The van der Waals surface area contributed by atoms with Gasteiger partial charge in [-0.25, -0.2) is 0 Å². The van der Waals surface area contributed by atoms with Crippen molar-refractivity contribution in [3.8, 4) is 5.69 Å². The first-order valence-electron chi connectivity index (χ1n) is 14.1. The number of hydrogen-bond donors (Lipinski definition) is 2. The van der Waals surface area contributed by atoms with Gasteiger partial charge in [-0.1, -0.05) is 56.3 Å². The van der Waals surface area contributed by atoms with Crippen molar-refractivity contribution < 1.29 is 4.79 Å². The third kappa shape index (κ3) is 5.39. The number of benzene rings is 2. The Morgan fingerprint density at radius 3 is 2.40 bits per heavy atom. The van der Waals surface area contributed by atoms with Gasteiger partial charge in [0.25, 0.3) is 0 Å². The van der Waals surface area contributed by atoms with Crippen molar-refractivity contribution in [3.63, 3.8) is 0 Å². The molecule has 1 aliphatic heterocycles. The Morgan fingerprint density at radius 1 is 0.975 bits per heavy atom. The second-order valence-corrected chi connectivity index (χ2v) is 10.7. The number of hydrogen-bond acceptors (Lipinski definition) is 3. The fraction of sp³-hybridized carbons (Fsp3) is 0.303. The van der Waals surface area contributed by atoms with Crippen LogP contribution >= 0.6 is 12.2 Å². The van der Waals surface area contributed by atoms with Gasteiger partial charge in [-0.15, -0.1) is 0 Å². The number of carbonyl (C=O) groups excluding carboxylic acids is 1. The maximum absolute atomic E-state index is 13.1.